The average molecular weight is 256 g/mol. The van der Waals surface area contributed by atoms with Gasteiger partial charge in [0.15, 0.2) is 0 Å². The number of hydrogen-bond donors (Lipinski definition) is 2. The predicted octanol–water partition coefficient (Wildman–Crippen LogP) is 2.42. The first-order valence-electron chi connectivity index (χ1n) is 6.45. The molecule has 0 spiro atoms. The molecule has 100 valence electrons. The average Bonchev–Trinajstić information content (AvgIpc) is 2.41. The van der Waals surface area contributed by atoms with Crippen LogP contribution in [0.15, 0.2) is 30.5 Å². The van der Waals surface area contributed by atoms with Crippen LogP contribution in [0.5, 0.6) is 0 Å². The van der Waals surface area contributed by atoms with Crippen molar-refractivity contribution in [2.45, 2.75) is 26.9 Å². The topological polar surface area (TPSA) is 49.8 Å². The molecule has 0 amide bonds. The van der Waals surface area contributed by atoms with Crippen molar-refractivity contribution in [3.8, 4) is 0 Å². The fourth-order valence-electron chi connectivity index (χ4n) is 1.85. The number of aromatic nitrogens is 2. The molecule has 0 radical (unpaired) electrons. The fourth-order valence-corrected chi connectivity index (χ4v) is 1.85. The molecule has 2 rings (SSSR count). The van der Waals surface area contributed by atoms with Crippen LogP contribution in [-0.4, -0.2) is 17.0 Å². The van der Waals surface area contributed by atoms with Crippen molar-refractivity contribution < 1.29 is 0 Å². The molecule has 0 unspecified atom stereocenters. The minimum atomic E-state index is 0.680. The van der Waals surface area contributed by atoms with E-state index in [0.717, 1.165) is 18.2 Å². The zero-order valence-electron chi connectivity index (χ0n) is 11.7. The summed E-state index contributed by atoms with van der Waals surface area (Å²) in [6.45, 7) is 5.71. The second kappa shape index (κ2) is 6.29. The highest BCUT2D eigenvalue weighted by molar-refractivity contribution is 5.36. The van der Waals surface area contributed by atoms with Crippen molar-refractivity contribution >= 4 is 5.82 Å². The van der Waals surface area contributed by atoms with Crippen LogP contribution >= 0.6 is 0 Å². The summed E-state index contributed by atoms with van der Waals surface area (Å²) in [5.41, 5.74) is 3.90. The van der Waals surface area contributed by atoms with Crippen LogP contribution < -0.4 is 10.6 Å². The van der Waals surface area contributed by atoms with Crippen molar-refractivity contribution in [2.75, 3.05) is 12.4 Å². The molecule has 19 heavy (non-hydrogen) atoms. The smallest absolute Gasteiger partial charge is 0.144 e. The Bertz CT molecular complexity index is 552. The SMILES string of the molecule is CNCc1nccc(NCc2ccc(C)c(C)c2)n1. The van der Waals surface area contributed by atoms with Crippen molar-refractivity contribution in [3.63, 3.8) is 0 Å². The lowest BCUT2D eigenvalue weighted by molar-refractivity contribution is 0.758. The maximum absolute atomic E-state index is 4.43. The zero-order valence-corrected chi connectivity index (χ0v) is 11.7. The van der Waals surface area contributed by atoms with Crippen molar-refractivity contribution in [1.82, 2.24) is 15.3 Å². The lowest BCUT2D eigenvalue weighted by atomic mass is 10.1. The van der Waals surface area contributed by atoms with E-state index in [1.165, 1.54) is 16.7 Å². The molecule has 2 N–H and O–H groups in total. The van der Waals surface area contributed by atoms with Crippen molar-refractivity contribution in [2.24, 2.45) is 0 Å². The van der Waals surface area contributed by atoms with Gasteiger partial charge in [0.05, 0.1) is 6.54 Å². The van der Waals surface area contributed by atoms with E-state index in [1.807, 2.05) is 13.1 Å². The summed E-state index contributed by atoms with van der Waals surface area (Å²) in [4.78, 5) is 8.63. The van der Waals surface area contributed by atoms with E-state index in [9.17, 15) is 0 Å². The molecule has 0 atom stereocenters. The van der Waals surface area contributed by atoms with Crippen molar-refractivity contribution in [3.05, 3.63) is 53.0 Å². The van der Waals surface area contributed by atoms with Crippen LogP contribution in [0.4, 0.5) is 5.82 Å². The molecule has 4 nitrogen and oxygen atoms in total. The highest BCUT2D eigenvalue weighted by atomic mass is 15.0. The molecule has 0 fully saturated rings. The summed E-state index contributed by atoms with van der Waals surface area (Å²) in [6, 6.07) is 8.39. The molecule has 2 aromatic rings. The van der Waals surface area contributed by atoms with Crippen LogP contribution in [-0.2, 0) is 13.1 Å². The Morgan fingerprint density at radius 2 is 1.89 bits per heavy atom. The largest absolute Gasteiger partial charge is 0.366 e. The van der Waals surface area contributed by atoms with Gasteiger partial charge in [-0.2, -0.15) is 0 Å². The molecule has 0 aliphatic rings. The van der Waals surface area contributed by atoms with Gasteiger partial charge in [0, 0.05) is 12.7 Å². The lowest BCUT2D eigenvalue weighted by Crippen LogP contribution is -2.10. The van der Waals surface area contributed by atoms with E-state index in [-0.39, 0.29) is 0 Å². The van der Waals surface area contributed by atoms with E-state index in [0.29, 0.717) is 6.54 Å². The standard InChI is InChI=1S/C15H20N4/c1-11-4-5-13(8-12(11)2)9-18-14-6-7-17-15(19-14)10-16-3/h4-8,16H,9-10H2,1-3H3,(H,17,18,19). The Balaban J connectivity index is 2.01. The van der Waals surface area contributed by atoms with Crippen LogP contribution in [0.3, 0.4) is 0 Å². The third-order valence-corrected chi connectivity index (χ3v) is 3.09. The third-order valence-electron chi connectivity index (χ3n) is 3.09. The van der Waals surface area contributed by atoms with Crippen LogP contribution in [0.2, 0.25) is 0 Å². The maximum Gasteiger partial charge on any atom is 0.144 e. The summed E-state index contributed by atoms with van der Waals surface area (Å²) >= 11 is 0. The van der Waals surface area contributed by atoms with Gasteiger partial charge in [-0.3, -0.25) is 0 Å². The van der Waals surface area contributed by atoms with E-state index in [4.69, 9.17) is 0 Å². The molecule has 0 aliphatic carbocycles. The Morgan fingerprint density at radius 1 is 1.05 bits per heavy atom. The van der Waals surface area contributed by atoms with Gasteiger partial charge >= 0.3 is 0 Å². The van der Waals surface area contributed by atoms with Gasteiger partial charge in [0.2, 0.25) is 0 Å². The second-order valence-corrected chi connectivity index (χ2v) is 4.66. The maximum atomic E-state index is 4.43. The highest BCUT2D eigenvalue weighted by Gasteiger charge is 2.00. The highest BCUT2D eigenvalue weighted by Crippen LogP contribution is 2.11. The minimum absolute atomic E-state index is 0.680. The molecule has 1 heterocycles. The molecule has 0 saturated heterocycles. The number of rotatable bonds is 5. The van der Waals surface area contributed by atoms with E-state index >= 15 is 0 Å². The predicted molar refractivity (Wildman–Crippen MR) is 78.0 cm³/mol. The molecule has 0 saturated carbocycles. The number of nitrogens with one attached hydrogen (secondary N) is 2. The number of nitrogens with zero attached hydrogens (tertiary/aromatic N) is 2. The first-order valence-corrected chi connectivity index (χ1v) is 6.45. The Labute approximate surface area is 114 Å². The van der Waals surface area contributed by atoms with Gasteiger partial charge in [-0.1, -0.05) is 18.2 Å². The molecular formula is C15H20N4. The lowest BCUT2D eigenvalue weighted by Gasteiger charge is -2.08. The minimum Gasteiger partial charge on any atom is -0.366 e. The summed E-state index contributed by atoms with van der Waals surface area (Å²) in [6.07, 6.45) is 1.78. The number of anilines is 1. The Hall–Kier alpha value is -1.94. The normalized spacial score (nSPS) is 10.5. The van der Waals surface area contributed by atoms with Gasteiger partial charge in [0.1, 0.15) is 11.6 Å². The van der Waals surface area contributed by atoms with Gasteiger partial charge in [-0.05, 0) is 43.7 Å². The van der Waals surface area contributed by atoms with Crippen LogP contribution in [0.25, 0.3) is 0 Å². The molecule has 0 bridgehead atoms. The quantitative estimate of drug-likeness (QED) is 0.862. The van der Waals surface area contributed by atoms with Gasteiger partial charge in [-0.25, -0.2) is 9.97 Å². The van der Waals surface area contributed by atoms with E-state index in [1.54, 1.807) is 6.20 Å². The monoisotopic (exact) mass is 256 g/mol. The van der Waals surface area contributed by atoms with Crippen LogP contribution in [0, 0.1) is 13.8 Å². The van der Waals surface area contributed by atoms with Crippen molar-refractivity contribution in [1.29, 1.82) is 0 Å². The third kappa shape index (κ3) is 3.76. The summed E-state index contributed by atoms with van der Waals surface area (Å²) < 4.78 is 0. The van der Waals surface area contributed by atoms with E-state index in [2.05, 4.69) is 52.6 Å². The molecular weight excluding hydrogens is 236 g/mol. The summed E-state index contributed by atoms with van der Waals surface area (Å²) in [5, 5.41) is 6.37. The zero-order chi connectivity index (χ0) is 13.7. The van der Waals surface area contributed by atoms with Gasteiger partial charge < -0.3 is 10.6 Å². The molecule has 4 heteroatoms. The Kier molecular flexibility index (Phi) is 4.47. The number of benzene rings is 1. The molecule has 1 aromatic carbocycles. The summed E-state index contributed by atoms with van der Waals surface area (Å²) in [7, 11) is 1.89. The Morgan fingerprint density at radius 3 is 2.63 bits per heavy atom. The van der Waals surface area contributed by atoms with Crippen LogP contribution in [0.1, 0.15) is 22.5 Å². The fraction of sp³-hybridized carbons (Fsp3) is 0.333. The van der Waals surface area contributed by atoms with Gasteiger partial charge in [0.25, 0.3) is 0 Å². The molecule has 1 aromatic heterocycles. The number of aryl methyl sites for hydroxylation is 2. The first-order chi connectivity index (χ1) is 9.19. The summed E-state index contributed by atoms with van der Waals surface area (Å²) in [5.74, 6) is 1.66. The molecule has 0 aliphatic heterocycles. The second-order valence-electron chi connectivity index (χ2n) is 4.66. The van der Waals surface area contributed by atoms with E-state index < -0.39 is 0 Å². The van der Waals surface area contributed by atoms with Gasteiger partial charge in [-0.15, -0.1) is 0 Å². The first kappa shape index (κ1) is 13.5. The number of hydrogen-bond acceptors (Lipinski definition) is 4.